The van der Waals surface area contributed by atoms with Gasteiger partial charge >= 0.3 is 0 Å². The highest BCUT2D eigenvalue weighted by Crippen LogP contribution is 2.42. The second-order valence-electron chi connectivity index (χ2n) is 4.47. The van der Waals surface area contributed by atoms with Gasteiger partial charge in [0.25, 0.3) is 0 Å². The van der Waals surface area contributed by atoms with Gasteiger partial charge < -0.3 is 4.74 Å². The van der Waals surface area contributed by atoms with Crippen molar-refractivity contribution in [1.82, 2.24) is 0 Å². The second-order valence-corrected chi connectivity index (χ2v) is 4.47. The first-order valence-corrected chi connectivity index (χ1v) is 5.63. The van der Waals surface area contributed by atoms with E-state index in [1.807, 2.05) is 0 Å². The van der Waals surface area contributed by atoms with Crippen molar-refractivity contribution in [3.63, 3.8) is 0 Å². The van der Waals surface area contributed by atoms with Crippen molar-refractivity contribution in [3.8, 4) is 0 Å². The summed E-state index contributed by atoms with van der Waals surface area (Å²) in [5.74, 6) is 3.28. The van der Waals surface area contributed by atoms with Crippen molar-refractivity contribution >= 4 is 0 Å². The molecule has 3 unspecified atom stereocenters. The summed E-state index contributed by atoms with van der Waals surface area (Å²) < 4.78 is 5.83. The van der Waals surface area contributed by atoms with Gasteiger partial charge in [-0.3, -0.25) is 0 Å². The van der Waals surface area contributed by atoms with E-state index in [0.29, 0.717) is 17.8 Å². The summed E-state index contributed by atoms with van der Waals surface area (Å²) in [6.07, 6.45) is 15.2. The lowest BCUT2D eigenvalue weighted by atomic mass is 9.73. The molecule has 0 radical (unpaired) electrons. The molecule has 1 saturated heterocycles. The fourth-order valence-electron chi connectivity index (χ4n) is 2.89. The van der Waals surface area contributed by atoms with Gasteiger partial charge in [0.05, 0.1) is 12.4 Å². The SMILES string of the molecule is C1=CC2COC3=CCCCC3C2C=C1. The Morgan fingerprint density at radius 1 is 1.21 bits per heavy atom. The molecule has 0 spiro atoms. The minimum Gasteiger partial charge on any atom is -0.497 e. The number of allylic oxidation sites excluding steroid dienone is 5. The molecule has 1 fully saturated rings. The predicted molar refractivity (Wildman–Crippen MR) is 56.6 cm³/mol. The van der Waals surface area contributed by atoms with Crippen LogP contribution in [0, 0.1) is 17.8 Å². The molecule has 74 valence electrons. The highest BCUT2D eigenvalue weighted by atomic mass is 16.5. The van der Waals surface area contributed by atoms with Gasteiger partial charge in [-0.15, -0.1) is 0 Å². The lowest BCUT2D eigenvalue weighted by Gasteiger charge is -2.40. The van der Waals surface area contributed by atoms with Gasteiger partial charge in [-0.05, 0) is 31.3 Å². The van der Waals surface area contributed by atoms with Crippen LogP contribution in [0.2, 0.25) is 0 Å². The largest absolute Gasteiger partial charge is 0.497 e. The normalized spacial score (nSPS) is 39.4. The monoisotopic (exact) mass is 188 g/mol. The number of ether oxygens (including phenoxy) is 1. The van der Waals surface area contributed by atoms with Gasteiger partial charge in [0, 0.05) is 11.8 Å². The van der Waals surface area contributed by atoms with Gasteiger partial charge in [0.2, 0.25) is 0 Å². The summed E-state index contributed by atoms with van der Waals surface area (Å²) in [5, 5.41) is 0. The smallest absolute Gasteiger partial charge is 0.0957 e. The molecule has 0 amide bonds. The Kier molecular flexibility index (Phi) is 1.97. The molecular weight excluding hydrogens is 172 g/mol. The molecule has 0 aromatic heterocycles. The molecule has 1 heterocycles. The summed E-state index contributed by atoms with van der Waals surface area (Å²) in [6, 6.07) is 0. The highest BCUT2D eigenvalue weighted by molar-refractivity contribution is 5.21. The first-order chi connectivity index (χ1) is 6.95. The molecule has 0 aromatic rings. The fourth-order valence-corrected chi connectivity index (χ4v) is 2.89. The summed E-state index contributed by atoms with van der Waals surface area (Å²) in [7, 11) is 0. The second kappa shape index (κ2) is 3.30. The van der Waals surface area contributed by atoms with E-state index in [1.165, 1.54) is 25.0 Å². The van der Waals surface area contributed by atoms with Crippen LogP contribution in [0.15, 0.2) is 36.1 Å². The minimum atomic E-state index is 0.625. The number of rotatable bonds is 0. The van der Waals surface area contributed by atoms with Crippen LogP contribution in [0.1, 0.15) is 19.3 Å². The quantitative estimate of drug-likeness (QED) is 0.567. The van der Waals surface area contributed by atoms with Crippen LogP contribution < -0.4 is 0 Å². The van der Waals surface area contributed by atoms with Crippen LogP contribution in [0.4, 0.5) is 0 Å². The summed E-state index contributed by atoms with van der Waals surface area (Å²) >= 11 is 0. The van der Waals surface area contributed by atoms with Crippen molar-refractivity contribution < 1.29 is 4.74 Å². The fraction of sp³-hybridized carbons (Fsp3) is 0.538. The Morgan fingerprint density at radius 3 is 3.14 bits per heavy atom. The average molecular weight is 188 g/mol. The summed E-state index contributed by atoms with van der Waals surface area (Å²) in [6.45, 7) is 0.883. The van der Waals surface area contributed by atoms with Gasteiger partial charge in [0.1, 0.15) is 0 Å². The maximum atomic E-state index is 5.83. The minimum absolute atomic E-state index is 0.625. The summed E-state index contributed by atoms with van der Waals surface area (Å²) in [4.78, 5) is 0. The van der Waals surface area contributed by atoms with E-state index in [0.717, 1.165) is 6.61 Å². The van der Waals surface area contributed by atoms with E-state index >= 15 is 0 Å². The van der Waals surface area contributed by atoms with Crippen molar-refractivity contribution in [1.29, 1.82) is 0 Å². The van der Waals surface area contributed by atoms with Crippen LogP contribution in [-0.4, -0.2) is 6.61 Å². The van der Waals surface area contributed by atoms with Crippen molar-refractivity contribution in [2.24, 2.45) is 17.8 Å². The summed E-state index contributed by atoms with van der Waals surface area (Å²) in [5.41, 5.74) is 0. The molecule has 3 atom stereocenters. The van der Waals surface area contributed by atoms with Crippen LogP contribution >= 0.6 is 0 Å². The third-order valence-corrected chi connectivity index (χ3v) is 3.63. The standard InChI is InChI=1S/C13H16O/c1-2-6-11-10(5-1)9-14-13-8-4-3-7-12(11)13/h1-2,5-6,8,10-12H,3-4,7,9H2. The molecule has 0 saturated carbocycles. The molecule has 3 aliphatic rings. The van der Waals surface area contributed by atoms with E-state index in [1.54, 1.807) is 0 Å². The molecule has 3 rings (SSSR count). The van der Waals surface area contributed by atoms with Crippen molar-refractivity contribution in [3.05, 3.63) is 36.1 Å². The van der Waals surface area contributed by atoms with Crippen molar-refractivity contribution in [2.75, 3.05) is 6.61 Å². The Balaban J connectivity index is 1.90. The van der Waals surface area contributed by atoms with E-state index in [4.69, 9.17) is 4.74 Å². The lowest BCUT2D eigenvalue weighted by molar-refractivity contribution is 0.0563. The van der Waals surface area contributed by atoms with Gasteiger partial charge in [-0.2, -0.15) is 0 Å². The van der Waals surface area contributed by atoms with E-state index in [-0.39, 0.29) is 0 Å². The molecule has 0 N–H and O–H groups in total. The van der Waals surface area contributed by atoms with Crippen LogP contribution in [0.3, 0.4) is 0 Å². The molecule has 1 heteroatoms. The molecule has 14 heavy (non-hydrogen) atoms. The molecule has 2 aliphatic carbocycles. The van der Waals surface area contributed by atoms with E-state index in [2.05, 4.69) is 30.4 Å². The number of fused-ring (bicyclic) bond motifs is 3. The molecular formula is C13H16O. The zero-order valence-electron chi connectivity index (χ0n) is 8.36. The van der Waals surface area contributed by atoms with Crippen molar-refractivity contribution in [2.45, 2.75) is 19.3 Å². The molecule has 0 bridgehead atoms. The van der Waals surface area contributed by atoms with Gasteiger partial charge in [0.15, 0.2) is 0 Å². The Labute approximate surface area is 85.1 Å². The number of hydrogen-bond donors (Lipinski definition) is 0. The average Bonchev–Trinajstić information content (AvgIpc) is 2.29. The zero-order valence-corrected chi connectivity index (χ0v) is 8.36. The van der Waals surface area contributed by atoms with E-state index < -0.39 is 0 Å². The first-order valence-electron chi connectivity index (χ1n) is 5.63. The Bertz CT molecular complexity index is 311. The van der Waals surface area contributed by atoms with E-state index in [9.17, 15) is 0 Å². The third kappa shape index (κ3) is 1.23. The first kappa shape index (κ1) is 8.34. The number of hydrogen-bond acceptors (Lipinski definition) is 1. The molecule has 1 nitrogen and oxygen atoms in total. The van der Waals surface area contributed by atoms with Crippen LogP contribution in [0.25, 0.3) is 0 Å². The maximum Gasteiger partial charge on any atom is 0.0957 e. The van der Waals surface area contributed by atoms with Crippen LogP contribution in [-0.2, 0) is 4.74 Å². The predicted octanol–water partition coefficient (Wildman–Crippen LogP) is 3.06. The Morgan fingerprint density at radius 2 is 2.14 bits per heavy atom. The zero-order chi connectivity index (χ0) is 9.38. The molecule has 1 aliphatic heterocycles. The van der Waals surface area contributed by atoms with Crippen LogP contribution in [0.5, 0.6) is 0 Å². The topological polar surface area (TPSA) is 9.23 Å². The lowest BCUT2D eigenvalue weighted by Crippen LogP contribution is -2.34. The van der Waals surface area contributed by atoms with Gasteiger partial charge in [-0.25, -0.2) is 0 Å². The molecule has 0 aromatic carbocycles. The highest BCUT2D eigenvalue weighted by Gasteiger charge is 2.36. The third-order valence-electron chi connectivity index (χ3n) is 3.63. The maximum absolute atomic E-state index is 5.83. The Hall–Kier alpha value is -0.980. The van der Waals surface area contributed by atoms with Gasteiger partial charge in [-0.1, -0.05) is 24.3 Å².